The smallest absolute Gasteiger partial charge is 0.213 e. The van der Waals surface area contributed by atoms with Gasteiger partial charge in [0.25, 0.3) is 0 Å². The first kappa shape index (κ1) is 18.5. The van der Waals surface area contributed by atoms with Gasteiger partial charge >= 0.3 is 0 Å². The van der Waals surface area contributed by atoms with Gasteiger partial charge in [-0.2, -0.15) is 0 Å². The van der Waals surface area contributed by atoms with E-state index in [1.54, 1.807) is 7.11 Å². The Labute approximate surface area is 167 Å². The van der Waals surface area contributed by atoms with E-state index in [4.69, 9.17) is 14.5 Å². The summed E-state index contributed by atoms with van der Waals surface area (Å²) >= 11 is 0. The van der Waals surface area contributed by atoms with Crippen LogP contribution >= 0.6 is 0 Å². The Morgan fingerprint density at radius 1 is 0.929 bits per heavy atom. The molecule has 3 heteroatoms. The fraction of sp³-hybridized carbons (Fsp3) is 0.320. The van der Waals surface area contributed by atoms with Gasteiger partial charge in [-0.1, -0.05) is 80.6 Å². The van der Waals surface area contributed by atoms with Gasteiger partial charge in [0.2, 0.25) is 5.90 Å². The molecule has 1 aliphatic heterocycles. The van der Waals surface area contributed by atoms with E-state index in [1.807, 2.05) is 18.2 Å². The van der Waals surface area contributed by atoms with Crippen molar-refractivity contribution in [3.63, 3.8) is 0 Å². The monoisotopic (exact) mass is 373 g/mol. The van der Waals surface area contributed by atoms with E-state index in [-0.39, 0.29) is 12.1 Å². The molecule has 2 aromatic carbocycles. The van der Waals surface area contributed by atoms with E-state index in [0.29, 0.717) is 11.8 Å². The van der Waals surface area contributed by atoms with Crippen LogP contribution in [0.5, 0.6) is 0 Å². The maximum atomic E-state index is 6.51. The molecule has 0 saturated heterocycles. The second-order valence-electron chi connectivity index (χ2n) is 7.75. The Hall–Kier alpha value is -2.81. The lowest BCUT2D eigenvalue weighted by Gasteiger charge is -2.27. The van der Waals surface area contributed by atoms with Crippen molar-refractivity contribution in [2.75, 3.05) is 7.11 Å². The summed E-state index contributed by atoms with van der Waals surface area (Å²) in [5.41, 5.74) is 3.51. The van der Waals surface area contributed by atoms with E-state index in [2.05, 4.69) is 68.5 Å². The quantitative estimate of drug-likeness (QED) is 0.640. The number of allylic oxidation sites excluding steroid dienone is 3. The minimum absolute atomic E-state index is 0.0416. The fourth-order valence-electron chi connectivity index (χ4n) is 4.02. The molecule has 1 aliphatic carbocycles. The van der Waals surface area contributed by atoms with Crippen LogP contribution in [0.4, 0.5) is 0 Å². The predicted octanol–water partition coefficient (Wildman–Crippen LogP) is 6.03. The lowest BCUT2D eigenvalue weighted by atomic mass is 9.82. The van der Waals surface area contributed by atoms with Gasteiger partial charge in [0.05, 0.1) is 12.9 Å². The van der Waals surface area contributed by atoms with Crippen molar-refractivity contribution in [2.24, 2.45) is 16.8 Å². The molecule has 2 aromatic rings. The van der Waals surface area contributed by atoms with Crippen molar-refractivity contribution in [1.82, 2.24) is 0 Å². The summed E-state index contributed by atoms with van der Waals surface area (Å²) in [5, 5.41) is 0. The molecule has 0 bridgehead atoms. The SMILES string of the molecule is COC1=CC=C(C2=N[C@H](c3ccccc3)[C@@H](c3ccccc3)O2)[C@H](C(C)C)C1. The first-order valence-electron chi connectivity index (χ1n) is 9.97. The topological polar surface area (TPSA) is 30.8 Å². The molecular formula is C25H27NO2. The van der Waals surface area contributed by atoms with Gasteiger partial charge < -0.3 is 9.47 Å². The summed E-state index contributed by atoms with van der Waals surface area (Å²) in [5.74, 6) is 2.60. The Kier molecular flexibility index (Phi) is 5.34. The molecule has 1 heterocycles. The number of aliphatic imine (C=N–C) groups is 1. The summed E-state index contributed by atoms with van der Waals surface area (Å²) in [6, 6.07) is 20.8. The highest BCUT2D eigenvalue weighted by Gasteiger charge is 2.37. The fourth-order valence-corrected chi connectivity index (χ4v) is 4.02. The van der Waals surface area contributed by atoms with Crippen molar-refractivity contribution < 1.29 is 9.47 Å². The third-order valence-corrected chi connectivity index (χ3v) is 5.63. The average molecular weight is 373 g/mol. The van der Waals surface area contributed by atoms with Crippen molar-refractivity contribution in [3.8, 4) is 0 Å². The van der Waals surface area contributed by atoms with E-state index in [0.717, 1.165) is 23.6 Å². The Bertz CT molecular complexity index is 897. The molecule has 0 amide bonds. The summed E-state index contributed by atoms with van der Waals surface area (Å²) in [4.78, 5) is 5.08. The summed E-state index contributed by atoms with van der Waals surface area (Å²) in [6.45, 7) is 4.49. The second kappa shape index (κ2) is 8.05. The minimum Gasteiger partial charge on any atom is -0.501 e. The summed E-state index contributed by atoms with van der Waals surface area (Å²) in [6.07, 6.45) is 4.95. The van der Waals surface area contributed by atoms with Crippen molar-refractivity contribution >= 4 is 5.90 Å². The van der Waals surface area contributed by atoms with E-state index < -0.39 is 0 Å². The molecule has 0 spiro atoms. The molecule has 0 fully saturated rings. The van der Waals surface area contributed by atoms with Crippen LogP contribution in [0.2, 0.25) is 0 Å². The molecular weight excluding hydrogens is 346 g/mol. The number of nitrogens with zero attached hydrogens (tertiary/aromatic N) is 1. The highest BCUT2D eigenvalue weighted by atomic mass is 16.5. The van der Waals surface area contributed by atoms with Gasteiger partial charge in [-0.15, -0.1) is 0 Å². The number of hydrogen-bond acceptors (Lipinski definition) is 3. The van der Waals surface area contributed by atoms with Crippen LogP contribution < -0.4 is 0 Å². The average Bonchev–Trinajstić information content (AvgIpc) is 3.20. The van der Waals surface area contributed by atoms with Crippen LogP contribution in [-0.2, 0) is 9.47 Å². The molecule has 3 nitrogen and oxygen atoms in total. The van der Waals surface area contributed by atoms with E-state index in [1.165, 1.54) is 11.1 Å². The maximum absolute atomic E-state index is 6.51. The van der Waals surface area contributed by atoms with Gasteiger partial charge in [0, 0.05) is 12.0 Å². The molecule has 0 N–H and O–H groups in total. The molecule has 2 aliphatic rings. The van der Waals surface area contributed by atoms with Crippen LogP contribution in [0, 0.1) is 11.8 Å². The molecule has 4 rings (SSSR count). The zero-order valence-electron chi connectivity index (χ0n) is 16.7. The third kappa shape index (κ3) is 3.62. The number of benzene rings is 2. The van der Waals surface area contributed by atoms with Gasteiger partial charge in [-0.05, 0) is 29.0 Å². The van der Waals surface area contributed by atoms with Gasteiger partial charge in [-0.3, -0.25) is 0 Å². The molecule has 0 radical (unpaired) electrons. The molecule has 0 unspecified atom stereocenters. The van der Waals surface area contributed by atoms with Crippen LogP contribution in [0.15, 0.2) is 89.1 Å². The molecule has 144 valence electrons. The zero-order valence-corrected chi connectivity index (χ0v) is 16.7. The van der Waals surface area contributed by atoms with Gasteiger partial charge in [0.1, 0.15) is 6.04 Å². The molecule has 28 heavy (non-hydrogen) atoms. The Morgan fingerprint density at radius 2 is 1.57 bits per heavy atom. The maximum Gasteiger partial charge on any atom is 0.213 e. The standard InChI is InChI=1S/C25H27NO2/c1-17(2)22-16-20(27-3)14-15-21(22)25-26-23(18-10-6-4-7-11-18)24(28-25)19-12-8-5-9-13-19/h4-15,17,22-24H,16H2,1-3H3/t22-,23+,24+/m0/s1. The highest BCUT2D eigenvalue weighted by molar-refractivity contribution is 5.96. The normalized spacial score (nSPS) is 24.3. The van der Waals surface area contributed by atoms with Crippen molar-refractivity contribution in [2.45, 2.75) is 32.4 Å². The summed E-state index contributed by atoms with van der Waals surface area (Å²) < 4.78 is 12.0. The molecule has 0 aromatic heterocycles. The number of rotatable bonds is 5. The first-order chi connectivity index (χ1) is 13.7. The van der Waals surface area contributed by atoms with Gasteiger partial charge in [-0.25, -0.2) is 4.99 Å². The summed E-state index contributed by atoms with van der Waals surface area (Å²) in [7, 11) is 1.74. The Morgan fingerprint density at radius 3 is 2.18 bits per heavy atom. The predicted molar refractivity (Wildman–Crippen MR) is 113 cm³/mol. The van der Waals surface area contributed by atoms with Crippen molar-refractivity contribution in [3.05, 3.63) is 95.3 Å². The molecule has 0 saturated carbocycles. The Balaban J connectivity index is 1.73. The zero-order chi connectivity index (χ0) is 19.5. The number of hydrogen-bond donors (Lipinski definition) is 0. The second-order valence-corrected chi connectivity index (χ2v) is 7.75. The van der Waals surface area contributed by atoms with Crippen LogP contribution in [0.1, 0.15) is 43.5 Å². The minimum atomic E-state index is -0.111. The number of methoxy groups -OCH3 is 1. The van der Waals surface area contributed by atoms with Crippen LogP contribution in [0.3, 0.4) is 0 Å². The third-order valence-electron chi connectivity index (χ3n) is 5.63. The highest BCUT2D eigenvalue weighted by Crippen LogP contribution is 2.43. The van der Waals surface area contributed by atoms with E-state index in [9.17, 15) is 0 Å². The lowest BCUT2D eigenvalue weighted by molar-refractivity contribution is 0.192. The van der Waals surface area contributed by atoms with Gasteiger partial charge in [0.15, 0.2) is 6.10 Å². The van der Waals surface area contributed by atoms with E-state index >= 15 is 0 Å². The van der Waals surface area contributed by atoms with Crippen molar-refractivity contribution in [1.29, 1.82) is 0 Å². The molecule has 3 atom stereocenters. The lowest BCUT2D eigenvalue weighted by Crippen LogP contribution is -2.22. The number of ether oxygens (including phenoxy) is 2. The van der Waals surface area contributed by atoms with Crippen LogP contribution in [0.25, 0.3) is 0 Å². The van der Waals surface area contributed by atoms with Crippen LogP contribution in [-0.4, -0.2) is 13.0 Å². The first-order valence-corrected chi connectivity index (χ1v) is 9.97. The largest absolute Gasteiger partial charge is 0.501 e.